The van der Waals surface area contributed by atoms with Gasteiger partial charge in [0.1, 0.15) is 0 Å². The molecule has 0 fully saturated rings. The molecule has 0 unspecified atom stereocenters. The standard InChI is InChI=1S/C48H37N3/c1-30-14-18-35(19-15-30)47-41-26-24-39(49-41)45(33-10-6-4-7-11-33)37-22-23-38(32(37)3)46(34-12-8-5-9-13-34)40-25-27-42(50-40)48(44-29-28-43(47)51-44)36-20-16-31(2)17-21-36/h4-29,32,51H,1-3H3. The van der Waals surface area contributed by atoms with Crippen molar-refractivity contribution in [2.45, 2.75) is 20.8 Å². The Morgan fingerprint density at radius 1 is 0.412 bits per heavy atom. The molecule has 0 amide bonds. The van der Waals surface area contributed by atoms with Crippen LogP contribution in [-0.2, 0) is 0 Å². The number of hydrogen-bond acceptors (Lipinski definition) is 2. The fraction of sp³-hybridized carbons (Fsp3) is 0.0833. The second kappa shape index (κ2) is 12.5. The van der Waals surface area contributed by atoms with Gasteiger partial charge in [-0.1, -0.05) is 139 Å². The van der Waals surface area contributed by atoms with Gasteiger partial charge in [0.2, 0.25) is 0 Å². The second-order valence-corrected chi connectivity index (χ2v) is 13.6. The molecule has 8 bridgehead atoms. The molecule has 9 rings (SSSR count). The summed E-state index contributed by atoms with van der Waals surface area (Å²) in [5.74, 6) is 0.105. The number of nitrogens with zero attached hydrogens (tertiary/aromatic N) is 2. The summed E-state index contributed by atoms with van der Waals surface area (Å²) in [6.45, 7) is 6.58. The van der Waals surface area contributed by atoms with Crippen LogP contribution >= 0.6 is 0 Å². The summed E-state index contributed by atoms with van der Waals surface area (Å²) in [4.78, 5) is 14.8. The Morgan fingerprint density at radius 2 is 0.804 bits per heavy atom. The quantitative estimate of drug-likeness (QED) is 0.200. The van der Waals surface area contributed by atoms with E-state index >= 15 is 0 Å². The van der Waals surface area contributed by atoms with Crippen LogP contribution in [-0.4, -0.2) is 16.4 Å². The molecule has 3 aliphatic heterocycles. The van der Waals surface area contributed by atoms with E-state index < -0.39 is 0 Å². The monoisotopic (exact) mass is 655 g/mol. The van der Waals surface area contributed by atoms with E-state index in [-0.39, 0.29) is 5.92 Å². The van der Waals surface area contributed by atoms with Crippen molar-refractivity contribution in [3.63, 3.8) is 0 Å². The zero-order chi connectivity index (χ0) is 34.5. The lowest BCUT2D eigenvalue weighted by Gasteiger charge is -2.19. The molecule has 51 heavy (non-hydrogen) atoms. The third kappa shape index (κ3) is 5.48. The summed E-state index contributed by atoms with van der Waals surface area (Å²) in [5, 5.41) is 0. The van der Waals surface area contributed by atoms with Crippen molar-refractivity contribution >= 4 is 33.7 Å². The molecule has 4 aliphatic rings. The molecule has 1 aliphatic carbocycles. The van der Waals surface area contributed by atoms with Crippen LogP contribution in [0.15, 0.2) is 190 Å². The van der Waals surface area contributed by atoms with E-state index in [1.165, 1.54) is 22.3 Å². The molecule has 4 aromatic carbocycles. The smallest absolute Gasteiger partial charge is 0.0737 e. The normalized spacial score (nSPS) is 18.0. The molecule has 3 heteroatoms. The molecule has 1 N–H and O–H groups in total. The van der Waals surface area contributed by atoms with Gasteiger partial charge in [-0.2, -0.15) is 0 Å². The fourth-order valence-corrected chi connectivity index (χ4v) is 7.66. The van der Waals surface area contributed by atoms with Crippen LogP contribution in [0.4, 0.5) is 0 Å². The third-order valence-corrected chi connectivity index (χ3v) is 10.3. The summed E-state index contributed by atoms with van der Waals surface area (Å²) in [6.07, 6.45) is 13.3. The number of allylic oxidation sites excluding steroid dienone is 10. The van der Waals surface area contributed by atoms with E-state index in [1.54, 1.807) is 0 Å². The average molecular weight is 656 g/mol. The highest BCUT2D eigenvalue weighted by molar-refractivity contribution is 6.34. The Hall–Kier alpha value is -6.32. The molecule has 0 saturated heterocycles. The maximum atomic E-state index is 5.46. The molecular weight excluding hydrogens is 619 g/mol. The largest absolute Gasteiger partial charge is 0.354 e. The molecule has 0 radical (unpaired) electrons. The van der Waals surface area contributed by atoms with Crippen LogP contribution in [0.25, 0.3) is 22.3 Å². The maximum absolute atomic E-state index is 5.46. The first-order valence-corrected chi connectivity index (χ1v) is 17.7. The maximum Gasteiger partial charge on any atom is 0.0737 e. The average Bonchev–Trinajstić information content (AvgIpc) is 3.99. The molecule has 5 aromatic rings. The van der Waals surface area contributed by atoms with Gasteiger partial charge in [0, 0.05) is 39.6 Å². The first-order chi connectivity index (χ1) is 25.0. The summed E-state index contributed by atoms with van der Waals surface area (Å²) < 4.78 is 0. The highest BCUT2D eigenvalue weighted by atomic mass is 14.8. The van der Waals surface area contributed by atoms with Gasteiger partial charge in [0.25, 0.3) is 0 Å². The van der Waals surface area contributed by atoms with Crippen LogP contribution in [0, 0.1) is 19.8 Å². The number of benzene rings is 4. The van der Waals surface area contributed by atoms with Gasteiger partial charge in [-0.05, 0) is 83.7 Å². The van der Waals surface area contributed by atoms with Crippen LogP contribution in [0.1, 0.15) is 51.7 Å². The Kier molecular flexibility index (Phi) is 7.55. The van der Waals surface area contributed by atoms with Crippen LogP contribution in [0.5, 0.6) is 0 Å². The molecule has 0 spiro atoms. The lowest BCUT2D eigenvalue weighted by Crippen LogP contribution is -2.08. The van der Waals surface area contributed by atoms with Gasteiger partial charge in [0.15, 0.2) is 0 Å². The van der Waals surface area contributed by atoms with E-state index in [1.807, 2.05) is 0 Å². The number of aryl methyl sites for hydroxylation is 2. The summed E-state index contributed by atoms with van der Waals surface area (Å²) >= 11 is 0. The minimum atomic E-state index is 0.105. The number of hydrogen-bond donors (Lipinski definition) is 1. The number of rotatable bonds is 4. The van der Waals surface area contributed by atoms with Gasteiger partial charge < -0.3 is 4.98 Å². The number of aromatic amines is 1. The molecule has 0 atom stereocenters. The topological polar surface area (TPSA) is 40.5 Å². The number of fused-ring (bicyclic) bond motifs is 6. The lowest BCUT2D eigenvalue weighted by molar-refractivity contribution is 0.883. The summed E-state index contributed by atoms with van der Waals surface area (Å²) in [5.41, 5.74) is 19.8. The summed E-state index contributed by atoms with van der Waals surface area (Å²) in [6, 6.07) is 43.3. The predicted octanol–water partition coefficient (Wildman–Crippen LogP) is 11.3. The van der Waals surface area contributed by atoms with Crippen molar-refractivity contribution in [2.75, 3.05) is 0 Å². The van der Waals surface area contributed by atoms with Crippen LogP contribution < -0.4 is 0 Å². The molecule has 0 saturated carbocycles. The Morgan fingerprint density at radius 3 is 1.22 bits per heavy atom. The van der Waals surface area contributed by atoms with E-state index in [9.17, 15) is 0 Å². The third-order valence-electron chi connectivity index (χ3n) is 10.3. The van der Waals surface area contributed by atoms with Crippen LogP contribution in [0.3, 0.4) is 0 Å². The zero-order valence-electron chi connectivity index (χ0n) is 29.0. The fourth-order valence-electron chi connectivity index (χ4n) is 7.66. The summed E-state index contributed by atoms with van der Waals surface area (Å²) in [7, 11) is 0. The van der Waals surface area contributed by atoms with Gasteiger partial charge >= 0.3 is 0 Å². The predicted molar refractivity (Wildman–Crippen MR) is 213 cm³/mol. The molecule has 1 aromatic heterocycles. The molecule has 244 valence electrons. The van der Waals surface area contributed by atoms with Gasteiger partial charge in [0.05, 0.1) is 22.8 Å². The van der Waals surface area contributed by atoms with Crippen molar-refractivity contribution in [1.29, 1.82) is 0 Å². The minimum absolute atomic E-state index is 0.105. The van der Waals surface area contributed by atoms with E-state index in [2.05, 4.69) is 184 Å². The number of aromatic nitrogens is 1. The first-order valence-electron chi connectivity index (χ1n) is 17.7. The van der Waals surface area contributed by atoms with Crippen molar-refractivity contribution in [2.24, 2.45) is 15.9 Å². The molecule has 4 heterocycles. The SMILES string of the molecule is Cc1ccc(C2=C3C=CC(=N3)C(c3ccccc3)=C3C=CC(=C(c4ccccc4)C4=NC(=C(c5ccc(C)cc5)c5ccc2[nH]5)C=C4)C3C)cc1. The number of nitrogens with one attached hydrogen (secondary N) is 1. The van der Waals surface area contributed by atoms with Crippen molar-refractivity contribution in [1.82, 2.24) is 4.98 Å². The highest BCUT2D eigenvalue weighted by Crippen LogP contribution is 2.43. The van der Waals surface area contributed by atoms with Crippen molar-refractivity contribution in [3.05, 3.63) is 225 Å². The van der Waals surface area contributed by atoms with Crippen molar-refractivity contribution < 1.29 is 0 Å². The Labute approximate surface area is 299 Å². The molecule has 3 nitrogen and oxygen atoms in total. The first kappa shape index (κ1) is 30.7. The van der Waals surface area contributed by atoms with Gasteiger partial charge in [-0.3, -0.25) is 0 Å². The van der Waals surface area contributed by atoms with E-state index in [4.69, 9.17) is 9.98 Å². The van der Waals surface area contributed by atoms with E-state index in [0.717, 1.165) is 78.8 Å². The minimum Gasteiger partial charge on any atom is -0.354 e. The van der Waals surface area contributed by atoms with Gasteiger partial charge in [-0.15, -0.1) is 0 Å². The highest BCUT2D eigenvalue weighted by Gasteiger charge is 2.30. The number of aliphatic imine (C=N–C) groups is 2. The molecular formula is C48H37N3. The number of H-pyrrole nitrogens is 1. The Bertz CT molecular complexity index is 2310. The van der Waals surface area contributed by atoms with E-state index in [0.29, 0.717) is 0 Å². The van der Waals surface area contributed by atoms with Crippen molar-refractivity contribution in [3.8, 4) is 0 Å². The van der Waals surface area contributed by atoms with Gasteiger partial charge in [-0.25, -0.2) is 9.98 Å². The Balaban J connectivity index is 1.38. The second-order valence-electron chi connectivity index (χ2n) is 13.6. The van der Waals surface area contributed by atoms with Crippen LogP contribution in [0.2, 0.25) is 0 Å². The zero-order valence-corrected chi connectivity index (χ0v) is 29.0. The lowest BCUT2D eigenvalue weighted by atomic mass is 9.85.